The SMILES string of the molecule is CC(=O)N(c1nc(COC(=O)c2ccc(CN3CCCC3=O)cc2)cs1)c1cccc(C)c1C. The van der Waals surface area contributed by atoms with Crippen molar-refractivity contribution in [2.24, 2.45) is 0 Å². The van der Waals surface area contributed by atoms with Crippen molar-refractivity contribution in [1.82, 2.24) is 9.88 Å². The number of carbonyl (C=O) groups is 3. The van der Waals surface area contributed by atoms with Crippen molar-refractivity contribution < 1.29 is 19.1 Å². The second kappa shape index (κ2) is 10.2. The predicted molar refractivity (Wildman–Crippen MR) is 131 cm³/mol. The minimum atomic E-state index is -0.448. The van der Waals surface area contributed by atoms with Crippen molar-refractivity contribution in [2.75, 3.05) is 11.4 Å². The topological polar surface area (TPSA) is 79.8 Å². The summed E-state index contributed by atoms with van der Waals surface area (Å²) >= 11 is 1.33. The number of esters is 1. The molecule has 2 amide bonds. The molecule has 2 heterocycles. The molecule has 0 unspecified atom stereocenters. The fourth-order valence-electron chi connectivity index (χ4n) is 3.91. The number of anilines is 2. The molecule has 0 spiro atoms. The molecule has 1 aliphatic rings. The molecular weight excluding hydrogens is 450 g/mol. The van der Waals surface area contributed by atoms with Gasteiger partial charge < -0.3 is 9.64 Å². The van der Waals surface area contributed by atoms with Gasteiger partial charge in [-0.25, -0.2) is 9.78 Å². The van der Waals surface area contributed by atoms with Gasteiger partial charge in [-0.05, 0) is 55.2 Å². The summed E-state index contributed by atoms with van der Waals surface area (Å²) in [6.45, 7) is 6.84. The number of rotatable bonds is 7. The first kappa shape index (κ1) is 23.6. The Morgan fingerprint density at radius 1 is 1.15 bits per heavy atom. The summed E-state index contributed by atoms with van der Waals surface area (Å²) in [6.07, 6.45) is 1.51. The third-order valence-corrected chi connectivity index (χ3v) is 6.82. The van der Waals surface area contributed by atoms with Crippen LogP contribution < -0.4 is 4.90 Å². The van der Waals surface area contributed by atoms with Crippen LogP contribution in [-0.2, 0) is 27.5 Å². The number of aromatic nitrogens is 1. The average Bonchev–Trinajstić information content (AvgIpc) is 3.44. The van der Waals surface area contributed by atoms with E-state index in [2.05, 4.69) is 4.98 Å². The molecular formula is C26H27N3O4S. The van der Waals surface area contributed by atoms with Crippen molar-refractivity contribution in [3.8, 4) is 0 Å². The van der Waals surface area contributed by atoms with Crippen LogP contribution in [0.3, 0.4) is 0 Å². The summed E-state index contributed by atoms with van der Waals surface area (Å²) in [5.74, 6) is -0.411. The Balaban J connectivity index is 1.39. The maximum absolute atomic E-state index is 12.5. The highest BCUT2D eigenvalue weighted by molar-refractivity contribution is 7.14. The van der Waals surface area contributed by atoms with Gasteiger partial charge in [0.15, 0.2) is 5.13 Å². The van der Waals surface area contributed by atoms with Crippen molar-refractivity contribution >= 4 is 39.9 Å². The van der Waals surface area contributed by atoms with Gasteiger partial charge in [-0.3, -0.25) is 14.5 Å². The molecule has 1 aliphatic heterocycles. The molecule has 0 saturated carbocycles. The molecule has 0 N–H and O–H groups in total. The van der Waals surface area contributed by atoms with Crippen molar-refractivity contribution in [3.63, 3.8) is 0 Å². The number of nitrogens with zero attached hydrogens (tertiary/aromatic N) is 3. The molecule has 0 radical (unpaired) electrons. The predicted octanol–water partition coefficient (Wildman–Crippen LogP) is 4.92. The fraction of sp³-hybridized carbons (Fsp3) is 0.308. The van der Waals surface area contributed by atoms with Crippen molar-refractivity contribution in [3.05, 3.63) is 75.8 Å². The van der Waals surface area contributed by atoms with E-state index in [0.717, 1.165) is 35.3 Å². The van der Waals surface area contributed by atoms with Crippen LogP contribution >= 0.6 is 11.3 Å². The van der Waals surface area contributed by atoms with E-state index >= 15 is 0 Å². The van der Waals surface area contributed by atoms with E-state index in [-0.39, 0.29) is 18.4 Å². The number of carbonyl (C=O) groups excluding carboxylic acids is 3. The van der Waals surface area contributed by atoms with E-state index in [1.165, 1.54) is 18.3 Å². The fourth-order valence-corrected chi connectivity index (χ4v) is 4.78. The first-order valence-corrected chi connectivity index (χ1v) is 12.1. The highest BCUT2D eigenvalue weighted by Gasteiger charge is 2.22. The highest BCUT2D eigenvalue weighted by atomic mass is 32.1. The molecule has 8 heteroatoms. The molecule has 176 valence electrons. The largest absolute Gasteiger partial charge is 0.456 e. The molecule has 3 aromatic rings. The summed E-state index contributed by atoms with van der Waals surface area (Å²) in [5.41, 5.74) is 4.89. The minimum absolute atomic E-state index is 0.0118. The summed E-state index contributed by atoms with van der Waals surface area (Å²) < 4.78 is 5.44. The molecule has 0 bridgehead atoms. The van der Waals surface area contributed by atoms with Crippen molar-refractivity contribution in [1.29, 1.82) is 0 Å². The van der Waals surface area contributed by atoms with Gasteiger partial charge in [0.25, 0.3) is 0 Å². The van der Waals surface area contributed by atoms with Crippen LogP contribution in [0.5, 0.6) is 0 Å². The number of amides is 2. The van der Waals surface area contributed by atoms with E-state index in [1.54, 1.807) is 22.4 Å². The normalized spacial score (nSPS) is 13.3. The van der Waals surface area contributed by atoms with Crippen LogP contribution in [-0.4, -0.2) is 34.2 Å². The third-order valence-electron chi connectivity index (χ3n) is 5.95. The Labute approximate surface area is 203 Å². The number of thiazole rings is 1. The maximum atomic E-state index is 12.5. The number of hydrogen-bond donors (Lipinski definition) is 0. The molecule has 0 aliphatic carbocycles. The first-order valence-electron chi connectivity index (χ1n) is 11.2. The Hall–Kier alpha value is -3.52. The van der Waals surface area contributed by atoms with Crippen LogP contribution in [0.25, 0.3) is 0 Å². The zero-order valence-electron chi connectivity index (χ0n) is 19.5. The van der Waals surface area contributed by atoms with Crippen LogP contribution in [0.1, 0.15) is 52.5 Å². The summed E-state index contributed by atoms with van der Waals surface area (Å²) in [5, 5.41) is 2.33. The van der Waals surface area contributed by atoms with Gasteiger partial charge in [0.05, 0.1) is 16.9 Å². The number of hydrogen-bond acceptors (Lipinski definition) is 6. The smallest absolute Gasteiger partial charge is 0.338 e. The van der Waals surface area contributed by atoms with Crippen LogP contribution in [0.2, 0.25) is 0 Å². The summed E-state index contributed by atoms with van der Waals surface area (Å²) in [7, 11) is 0. The van der Waals surface area contributed by atoms with Gasteiger partial charge in [-0.15, -0.1) is 11.3 Å². The lowest BCUT2D eigenvalue weighted by atomic mass is 10.1. The maximum Gasteiger partial charge on any atom is 0.338 e. The van der Waals surface area contributed by atoms with Gasteiger partial charge >= 0.3 is 5.97 Å². The van der Waals surface area contributed by atoms with Gasteiger partial charge in [0, 0.05) is 31.8 Å². The lowest BCUT2D eigenvalue weighted by Crippen LogP contribution is -2.23. The Morgan fingerprint density at radius 3 is 2.59 bits per heavy atom. The molecule has 1 fully saturated rings. The van der Waals surface area contributed by atoms with Gasteiger partial charge in [-0.2, -0.15) is 0 Å². The number of benzene rings is 2. The summed E-state index contributed by atoms with van der Waals surface area (Å²) in [6, 6.07) is 12.9. The molecule has 2 aromatic carbocycles. The second-order valence-corrected chi connectivity index (χ2v) is 9.22. The zero-order chi connectivity index (χ0) is 24.2. The lowest BCUT2D eigenvalue weighted by Gasteiger charge is -2.21. The first-order chi connectivity index (χ1) is 16.3. The van der Waals surface area contributed by atoms with E-state index in [0.29, 0.717) is 29.4 Å². The second-order valence-electron chi connectivity index (χ2n) is 8.39. The van der Waals surface area contributed by atoms with Crippen LogP contribution in [0.15, 0.2) is 47.8 Å². The molecule has 34 heavy (non-hydrogen) atoms. The standard InChI is InChI=1S/C26H27N3O4S/c1-17-6-4-7-23(18(17)2)29(19(3)30)26-27-22(16-34-26)15-33-25(32)21-11-9-20(10-12-21)14-28-13-5-8-24(28)31/h4,6-7,9-12,16H,5,8,13-15H2,1-3H3. The number of likely N-dealkylation sites (tertiary alicyclic amines) is 1. The van der Waals surface area contributed by atoms with Gasteiger partial charge in [-0.1, -0.05) is 24.3 Å². The average molecular weight is 478 g/mol. The molecule has 4 rings (SSSR count). The zero-order valence-corrected chi connectivity index (χ0v) is 20.4. The van der Waals surface area contributed by atoms with Gasteiger partial charge in [0.1, 0.15) is 6.61 Å². The molecule has 7 nitrogen and oxygen atoms in total. The monoisotopic (exact) mass is 477 g/mol. The molecule has 0 atom stereocenters. The third kappa shape index (κ3) is 5.17. The Bertz CT molecular complexity index is 1220. The Morgan fingerprint density at radius 2 is 1.91 bits per heavy atom. The lowest BCUT2D eigenvalue weighted by molar-refractivity contribution is -0.128. The quantitative estimate of drug-likeness (QED) is 0.451. The van der Waals surface area contributed by atoms with E-state index in [1.807, 2.05) is 49.1 Å². The highest BCUT2D eigenvalue weighted by Crippen LogP contribution is 2.32. The van der Waals surface area contributed by atoms with Crippen LogP contribution in [0, 0.1) is 13.8 Å². The minimum Gasteiger partial charge on any atom is -0.456 e. The van der Waals surface area contributed by atoms with Crippen LogP contribution in [0.4, 0.5) is 10.8 Å². The van der Waals surface area contributed by atoms with E-state index < -0.39 is 5.97 Å². The molecule has 1 aromatic heterocycles. The van der Waals surface area contributed by atoms with Gasteiger partial charge in [0.2, 0.25) is 11.8 Å². The summed E-state index contributed by atoms with van der Waals surface area (Å²) in [4.78, 5) is 44.6. The van der Waals surface area contributed by atoms with Crippen molar-refractivity contribution in [2.45, 2.75) is 46.8 Å². The number of ether oxygens (including phenoxy) is 1. The van der Waals surface area contributed by atoms with E-state index in [9.17, 15) is 14.4 Å². The molecule has 1 saturated heterocycles. The Kier molecular flexibility index (Phi) is 7.07. The number of aryl methyl sites for hydroxylation is 1. The van der Waals surface area contributed by atoms with E-state index in [4.69, 9.17) is 4.74 Å².